The lowest BCUT2D eigenvalue weighted by atomic mass is 9.68. The van der Waals surface area contributed by atoms with Gasteiger partial charge in [-0.25, -0.2) is 4.98 Å². The van der Waals surface area contributed by atoms with Crippen LogP contribution in [0.25, 0.3) is 17.5 Å². The lowest BCUT2D eigenvalue weighted by Gasteiger charge is -2.35. The molecule has 0 radical (unpaired) electrons. The number of nitrogens with one attached hydrogen (secondary N) is 2. The number of anilines is 2. The number of aromatic amines is 2. The largest absolute Gasteiger partial charge is 0.378 e. The van der Waals surface area contributed by atoms with Crippen molar-refractivity contribution in [3.8, 4) is 11.4 Å². The normalized spacial score (nSPS) is 14.2. The predicted octanol–water partition coefficient (Wildman–Crippen LogP) is 4.49. The summed E-state index contributed by atoms with van der Waals surface area (Å²) in [7, 11) is 8.27. The summed E-state index contributed by atoms with van der Waals surface area (Å²) in [4.78, 5) is 11.6. The maximum atomic E-state index is 4.61. The molecule has 4 aromatic rings. The van der Waals surface area contributed by atoms with Gasteiger partial charge in [0.25, 0.3) is 0 Å². The zero-order chi connectivity index (χ0) is 22.3. The molecular weight excluding hydrogens is 396 g/mol. The standard InChI is InChI=1S/C26H28N6/c1-31(2)20-9-5-18(6-10-20)26(19-7-11-21(12-8-19)32(3)4)14-13-22-23(15-26)29-30-25(22)24-16-27-17-28-24/h5-14,16-17H,15H2,1-4H3,(H,27,28)(H,29,30). The molecule has 2 heterocycles. The minimum Gasteiger partial charge on any atom is -0.378 e. The second kappa shape index (κ2) is 7.71. The molecule has 1 aliphatic rings. The molecule has 0 amide bonds. The van der Waals surface area contributed by atoms with Gasteiger partial charge in [-0.1, -0.05) is 36.4 Å². The van der Waals surface area contributed by atoms with Crippen molar-refractivity contribution in [1.29, 1.82) is 0 Å². The Morgan fingerprint density at radius 3 is 1.94 bits per heavy atom. The number of imidazole rings is 1. The van der Waals surface area contributed by atoms with Gasteiger partial charge >= 0.3 is 0 Å². The van der Waals surface area contributed by atoms with E-state index in [9.17, 15) is 0 Å². The number of rotatable bonds is 5. The second-order valence-corrected chi connectivity index (χ2v) is 8.79. The molecule has 1 aliphatic carbocycles. The first kappa shape index (κ1) is 20.1. The summed E-state index contributed by atoms with van der Waals surface area (Å²) in [6.45, 7) is 0. The summed E-state index contributed by atoms with van der Waals surface area (Å²) in [6, 6.07) is 17.8. The zero-order valence-electron chi connectivity index (χ0n) is 18.9. The highest BCUT2D eigenvalue weighted by atomic mass is 15.1. The maximum Gasteiger partial charge on any atom is 0.117 e. The minimum atomic E-state index is -0.277. The number of hydrogen-bond donors (Lipinski definition) is 2. The predicted molar refractivity (Wildman–Crippen MR) is 131 cm³/mol. The van der Waals surface area contributed by atoms with Gasteiger partial charge in [0.2, 0.25) is 0 Å². The second-order valence-electron chi connectivity index (χ2n) is 8.79. The fourth-order valence-electron chi connectivity index (χ4n) is 4.53. The summed E-state index contributed by atoms with van der Waals surface area (Å²) in [5.41, 5.74) is 8.72. The highest BCUT2D eigenvalue weighted by molar-refractivity contribution is 5.75. The minimum absolute atomic E-state index is 0.277. The Morgan fingerprint density at radius 1 is 0.844 bits per heavy atom. The van der Waals surface area contributed by atoms with Crippen LogP contribution in [-0.2, 0) is 11.8 Å². The van der Waals surface area contributed by atoms with Gasteiger partial charge in [0, 0.05) is 62.7 Å². The number of benzene rings is 2. The smallest absolute Gasteiger partial charge is 0.117 e. The van der Waals surface area contributed by atoms with Gasteiger partial charge in [-0.2, -0.15) is 5.10 Å². The first-order valence-corrected chi connectivity index (χ1v) is 10.8. The first-order valence-electron chi connectivity index (χ1n) is 10.8. The highest BCUT2D eigenvalue weighted by Crippen LogP contribution is 2.43. The highest BCUT2D eigenvalue weighted by Gasteiger charge is 2.36. The Labute approximate surface area is 188 Å². The van der Waals surface area contributed by atoms with E-state index in [4.69, 9.17) is 0 Å². The Balaban J connectivity index is 1.62. The molecule has 32 heavy (non-hydrogen) atoms. The van der Waals surface area contributed by atoms with Crippen LogP contribution in [0, 0.1) is 0 Å². The van der Waals surface area contributed by atoms with Crippen LogP contribution < -0.4 is 9.80 Å². The molecule has 0 aliphatic heterocycles. The lowest BCUT2D eigenvalue weighted by Crippen LogP contribution is -2.30. The number of H-pyrrole nitrogens is 2. The average molecular weight is 425 g/mol. The molecular formula is C26H28N6. The van der Waals surface area contributed by atoms with Crippen LogP contribution in [0.5, 0.6) is 0 Å². The van der Waals surface area contributed by atoms with Crippen molar-refractivity contribution in [1.82, 2.24) is 20.2 Å². The molecule has 2 aromatic heterocycles. The molecule has 5 rings (SSSR count). The van der Waals surface area contributed by atoms with Crippen molar-refractivity contribution in [2.75, 3.05) is 38.0 Å². The fourth-order valence-corrected chi connectivity index (χ4v) is 4.53. The first-order chi connectivity index (χ1) is 15.5. The molecule has 162 valence electrons. The Morgan fingerprint density at radius 2 is 1.44 bits per heavy atom. The van der Waals surface area contributed by atoms with Gasteiger partial charge in [0.1, 0.15) is 5.69 Å². The number of allylic oxidation sites excluding steroid dienone is 1. The third kappa shape index (κ3) is 3.28. The molecule has 2 aromatic carbocycles. The van der Waals surface area contributed by atoms with E-state index in [0.717, 1.165) is 29.1 Å². The van der Waals surface area contributed by atoms with E-state index in [1.807, 2.05) is 6.20 Å². The van der Waals surface area contributed by atoms with Crippen LogP contribution in [0.3, 0.4) is 0 Å². The molecule has 0 spiro atoms. The fraction of sp³-hybridized carbons (Fsp3) is 0.231. The molecule has 0 atom stereocenters. The third-order valence-corrected chi connectivity index (χ3v) is 6.42. The number of fused-ring (bicyclic) bond motifs is 1. The Kier molecular flexibility index (Phi) is 4.85. The van der Waals surface area contributed by atoms with Crippen LogP contribution in [0.1, 0.15) is 22.4 Å². The van der Waals surface area contributed by atoms with Gasteiger partial charge in [0.15, 0.2) is 0 Å². The van der Waals surface area contributed by atoms with Gasteiger partial charge in [-0.3, -0.25) is 5.10 Å². The molecule has 0 saturated heterocycles. The van der Waals surface area contributed by atoms with E-state index in [2.05, 4.69) is 119 Å². The molecule has 2 N–H and O–H groups in total. The van der Waals surface area contributed by atoms with Crippen molar-refractivity contribution >= 4 is 17.5 Å². The van der Waals surface area contributed by atoms with Crippen LogP contribution >= 0.6 is 0 Å². The number of nitrogens with zero attached hydrogens (tertiary/aromatic N) is 4. The SMILES string of the molecule is CN(C)c1ccc(C2(c3ccc(N(C)C)cc3)C=Cc3c(-c4cnc[nH]4)n[nH]c3C2)cc1. The summed E-state index contributed by atoms with van der Waals surface area (Å²) in [5.74, 6) is 0. The number of hydrogen-bond acceptors (Lipinski definition) is 4. The Hall–Kier alpha value is -3.80. The van der Waals surface area contributed by atoms with Crippen molar-refractivity contribution in [2.45, 2.75) is 11.8 Å². The van der Waals surface area contributed by atoms with E-state index in [1.165, 1.54) is 22.5 Å². The molecule has 6 heteroatoms. The van der Waals surface area contributed by atoms with Crippen LogP contribution in [-0.4, -0.2) is 48.4 Å². The van der Waals surface area contributed by atoms with E-state index < -0.39 is 0 Å². The zero-order valence-corrected chi connectivity index (χ0v) is 18.9. The van der Waals surface area contributed by atoms with Crippen molar-refractivity contribution < 1.29 is 0 Å². The van der Waals surface area contributed by atoms with Gasteiger partial charge in [0.05, 0.1) is 18.2 Å². The van der Waals surface area contributed by atoms with E-state index in [0.29, 0.717) is 0 Å². The monoisotopic (exact) mass is 424 g/mol. The molecule has 0 fully saturated rings. The summed E-state index contributed by atoms with van der Waals surface area (Å²) >= 11 is 0. The van der Waals surface area contributed by atoms with Crippen molar-refractivity contribution in [2.24, 2.45) is 0 Å². The number of aromatic nitrogens is 4. The van der Waals surface area contributed by atoms with Crippen LogP contribution in [0.2, 0.25) is 0 Å². The molecule has 0 unspecified atom stereocenters. The molecule has 6 nitrogen and oxygen atoms in total. The lowest BCUT2D eigenvalue weighted by molar-refractivity contribution is 0.620. The average Bonchev–Trinajstić information content (AvgIpc) is 3.48. The van der Waals surface area contributed by atoms with Crippen LogP contribution in [0.4, 0.5) is 11.4 Å². The van der Waals surface area contributed by atoms with E-state index >= 15 is 0 Å². The topological polar surface area (TPSA) is 63.8 Å². The van der Waals surface area contributed by atoms with Crippen molar-refractivity contribution in [3.05, 3.63) is 89.5 Å². The maximum absolute atomic E-state index is 4.61. The molecule has 0 saturated carbocycles. The van der Waals surface area contributed by atoms with Gasteiger partial charge in [-0.05, 0) is 35.4 Å². The van der Waals surface area contributed by atoms with Gasteiger partial charge < -0.3 is 14.8 Å². The quantitative estimate of drug-likeness (QED) is 0.496. The van der Waals surface area contributed by atoms with Gasteiger partial charge in [-0.15, -0.1) is 0 Å². The summed E-state index contributed by atoms with van der Waals surface area (Å²) < 4.78 is 0. The van der Waals surface area contributed by atoms with Crippen LogP contribution in [0.15, 0.2) is 67.1 Å². The summed E-state index contributed by atoms with van der Waals surface area (Å²) in [6.07, 6.45) is 8.85. The van der Waals surface area contributed by atoms with E-state index in [-0.39, 0.29) is 5.41 Å². The van der Waals surface area contributed by atoms with E-state index in [1.54, 1.807) is 6.33 Å². The Bertz CT molecular complexity index is 1180. The van der Waals surface area contributed by atoms with Crippen molar-refractivity contribution in [3.63, 3.8) is 0 Å². The summed E-state index contributed by atoms with van der Waals surface area (Å²) in [5, 5.41) is 7.91. The third-order valence-electron chi connectivity index (χ3n) is 6.42. The molecule has 0 bridgehead atoms.